The third-order valence-electron chi connectivity index (χ3n) is 4.65. The molecule has 2 N–H and O–H groups in total. The van der Waals surface area contributed by atoms with Gasteiger partial charge in [0.15, 0.2) is 0 Å². The summed E-state index contributed by atoms with van der Waals surface area (Å²) in [6.45, 7) is 6.46. The summed E-state index contributed by atoms with van der Waals surface area (Å²) in [7, 11) is 0. The van der Waals surface area contributed by atoms with E-state index in [-0.39, 0.29) is 36.9 Å². The fraction of sp³-hybridized carbons (Fsp3) is 0.882. The van der Waals surface area contributed by atoms with Crippen LogP contribution in [0.3, 0.4) is 0 Å². The van der Waals surface area contributed by atoms with Crippen molar-refractivity contribution in [1.82, 2.24) is 10.2 Å². The van der Waals surface area contributed by atoms with Crippen molar-refractivity contribution in [1.29, 1.82) is 0 Å². The Morgan fingerprint density at radius 3 is 2.57 bits per heavy atom. The molecular weight excluding hydrogens is 296 g/mol. The molecule has 0 spiro atoms. The Labute approximate surface area is 138 Å². The SMILES string of the molecule is CC(C)(C)OC(=O)NCCC(=O)N1CCCC1C1CCCC1O. The molecule has 6 nitrogen and oxygen atoms in total. The maximum absolute atomic E-state index is 12.4. The maximum atomic E-state index is 12.4. The molecule has 2 fully saturated rings. The van der Waals surface area contributed by atoms with Gasteiger partial charge in [0, 0.05) is 31.5 Å². The number of nitrogens with one attached hydrogen (secondary N) is 1. The van der Waals surface area contributed by atoms with Gasteiger partial charge < -0.3 is 20.1 Å². The van der Waals surface area contributed by atoms with Gasteiger partial charge in [-0.1, -0.05) is 6.42 Å². The monoisotopic (exact) mass is 326 g/mol. The van der Waals surface area contributed by atoms with Crippen LogP contribution in [0.2, 0.25) is 0 Å². The first-order valence-corrected chi connectivity index (χ1v) is 8.72. The Morgan fingerprint density at radius 1 is 1.22 bits per heavy atom. The van der Waals surface area contributed by atoms with Crippen molar-refractivity contribution < 1.29 is 19.4 Å². The highest BCUT2D eigenvalue weighted by atomic mass is 16.6. The van der Waals surface area contributed by atoms with Crippen LogP contribution < -0.4 is 5.32 Å². The number of aliphatic hydroxyl groups is 1. The van der Waals surface area contributed by atoms with Gasteiger partial charge in [0.1, 0.15) is 5.60 Å². The van der Waals surface area contributed by atoms with Gasteiger partial charge in [0.05, 0.1) is 6.10 Å². The third-order valence-corrected chi connectivity index (χ3v) is 4.65. The highest BCUT2D eigenvalue weighted by Crippen LogP contribution is 2.35. The van der Waals surface area contributed by atoms with E-state index in [2.05, 4.69) is 5.32 Å². The molecule has 3 atom stereocenters. The van der Waals surface area contributed by atoms with Crippen LogP contribution in [-0.2, 0) is 9.53 Å². The summed E-state index contributed by atoms with van der Waals surface area (Å²) in [5.74, 6) is 0.280. The molecule has 1 aliphatic carbocycles. The zero-order valence-electron chi connectivity index (χ0n) is 14.5. The molecule has 3 unspecified atom stereocenters. The van der Waals surface area contributed by atoms with Crippen molar-refractivity contribution in [2.24, 2.45) is 5.92 Å². The Morgan fingerprint density at radius 2 is 1.96 bits per heavy atom. The van der Waals surface area contributed by atoms with Crippen molar-refractivity contribution in [2.45, 2.75) is 77.0 Å². The molecule has 0 aromatic carbocycles. The zero-order chi connectivity index (χ0) is 17.0. The van der Waals surface area contributed by atoms with Crippen LogP contribution in [0.15, 0.2) is 0 Å². The van der Waals surface area contributed by atoms with E-state index < -0.39 is 11.7 Å². The summed E-state index contributed by atoms with van der Waals surface area (Å²) in [5.41, 5.74) is -0.535. The van der Waals surface area contributed by atoms with E-state index in [0.717, 1.165) is 38.6 Å². The van der Waals surface area contributed by atoms with Gasteiger partial charge in [-0.15, -0.1) is 0 Å². The van der Waals surface area contributed by atoms with Gasteiger partial charge in [-0.25, -0.2) is 4.79 Å². The Kier molecular flexibility index (Phi) is 5.89. The number of aliphatic hydroxyl groups excluding tert-OH is 1. The second kappa shape index (κ2) is 7.51. The van der Waals surface area contributed by atoms with E-state index in [0.29, 0.717) is 0 Å². The highest BCUT2D eigenvalue weighted by molar-refractivity contribution is 5.78. The van der Waals surface area contributed by atoms with E-state index in [9.17, 15) is 14.7 Å². The second-order valence-corrected chi connectivity index (χ2v) is 7.64. The zero-order valence-corrected chi connectivity index (χ0v) is 14.5. The molecule has 1 saturated heterocycles. The molecule has 6 heteroatoms. The van der Waals surface area contributed by atoms with Gasteiger partial charge in [0.2, 0.25) is 5.91 Å². The Balaban J connectivity index is 1.77. The summed E-state index contributed by atoms with van der Waals surface area (Å²) in [6, 6.07) is 0.168. The van der Waals surface area contributed by atoms with Crippen LogP contribution in [0.1, 0.15) is 59.3 Å². The minimum absolute atomic E-state index is 0.0580. The molecule has 23 heavy (non-hydrogen) atoms. The number of ether oxygens (including phenoxy) is 1. The molecular formula is C17H30N2O4. The van der Waals surface area contributed by atoms with Gasteiger partial charge in [-0.3, -0.25) is 4.79 Å². The average molecular weight is 326 g/mol. The van der Waals surface area contributed by atoms with Crippen molar-refractivity contribution >= 4 is 12.0 Å². The predicted octanol–water partition coefficient (Wildman–Crippen LogP) is 2.05. The molecule has 0 radical (unpaired) electrons. The predicted molar refractivity (Wildman–Crippen MR) is 86.9 cm³/mol. The van der Waals surface area contributed by atoms with E-state index in [1.165, 1.54) is 0 Å². The first-order valence-electron chi connectivity index (χ1n) is 8.72. The number of likely N-dealkylation sites (tertiary alicyclic amines) is 1. The Hall–Kier alpha value is -1.30. The smallest absolute Gasteiger partial charge is 0.407 e. The normalized spacial score (nSPS) is 28.0. The summed E-state index contributed by atoms with van der Waals surface area (Å²) in [4.78, 5) is 25.9. The summed E-state index contributed by atoms with van der Waals surface area (Å²) in [5, 5.41) is 12.7. The number of nitrogens with zero attached hydrogens (tertiary/aromatic N) is 1. The first kappa shape index (κ1) is 18.0. The maximum Gasteiger partial charge on any atom is 0.407 e. The Bertz CT molecular complexity index is 433. The lowest BCUT2D eigenvalue weighted by atomic mass is 9.94. The average Bonchev–Trinajstić information content (AvgIpc) is 3.04. The molecule has 2 amide bonds. The van der Waals surface area contributed by atoms with Crippen molar-refractivity contribution in [3.63, 3.8) is 0 Å². The standard InChI is InChI=1S/C17H30N2O4/c1-17(2,3)23-16(22)18-10-9-15(21)19-11-5-7-13(19)12-6-4-8-14(12)20/h12-14,20H,4-11H2,1-3H3,(H,18,22). The number of alkyl carbamates (subject to hydrolysis) is 1. The van der Waals surface area contributed by atoms with Gasteiger partial charge in [-0.2, -0.15) is 0 Å². The molecule has 1 heterocycles. The van der Waals surface area contributed by atoms with Crippen LogP contribution in [0.25, 0.3) is 0 Å². The summed E-state index contributed by atoms with van der Waals surface area (Å²) in [6.07, 6.45) is 4.40. The first-order chi connectivity index (χ1) is 10.8. The second-order valence-electron chi connectivity index (χ2n) is 7.64. The molecule has 0 aromatic heterocycles. The summed E-state index contributed by atoms with van der Waals surface area (Å²) < 4.78 is 5.15. The van der Waals surface area contributed by atoms with Crippen LogP contribution in [0.4, 0.5) is 4.79 Å². The van der Waals surface area contributed by atoms with E-state index in [1.54, 1.807) is 20.8 Å². The fourth-order valence-corrected chi connectivity index (χ4v) is 3.69. The molecule has 0 bridgehead atoms. The number of hydrogen-bond acceptors (Lipinski definition) is 4. The minimum atomic E-state index is -0.535. The molecule has 1 saturated carbocycles. The summed E-state index contributed by atoms with van der Waals surface area (Å²) >= 11 is 0. The molecule has 2 aliphatic rings. The van der Waals surface area contributed by atoms with Gasteiger partial charge in [0.25, 0.3) is 0 Å². The van der Waals surface area contributed by atoms with Crippen LogP contribution >= 0.6 is 0 Å². The van der Waals surface area contributed by atoms with E-state index >= 15 is 0 Å². The lowest BCUT2D eigenvalue weighted by Crippen LogP contribution is -2.43. The highest BCUT2D eigenvalue weighted by Gasteiger charge is 2.39. The molecule has 1 aliphatic heterocycles. The number of hydrogen-bond donors (Lipinski definition) is 2. The number of amides is 2. The lowest BCUT2D eigenvalue weighted by molar-refractivity contribution is -0.133. The fourth-order valence-electron chi connectivity index (χ4n) is 3.69. The largest absolute Gasteiger partial charge is 0.444 e. The van der Waals surface area contributed by atoms with Crippen LogP contribution in [0.5, 0.6) is 0 Å². The lowest BCUT2D eigenvalue weighted by Gasteiger charge is -2.31. The number of rotatable bonds is 4. The van der Waals surface area contributed by atoms with Gasteiger partial charge in [-0.05, 0) is 46.5 Å². The number of carbonyl (C=O) groups excluding carboxylic acids is 2. The van der Waals surface area contributed by atoms with E-state index in [4.69, 9.17) is 4.74 Å². The quantitative estimate of drug-likeness (QED) is 0.829. The molecule has 0 aromatic rings. The van der Waals surface area contributed by atoms with Crippen LogP contribution in [-0.4, -0.2) is 52.8 Å². The van der Waals surface area contributed by atoms with Crippen molar-refractivity contribution in [3.05, 3.63) is 0 Å². The number of carbonyl (C=O) groups is 2. The van der Waals surface area contributed by atoms with E-state index in [1.807, 2.05) is 4.90 Å². The third kappa shape index (κ3) is 5.09. The molecule has 132 valence electrons. The topological polar surface area (TPSA) is 78.9 Å². The molecule has 2 rings (SSSR count). The van der Waals surface area contributed by atoms with Crippen LogP contribution in [0, 0.1) is 5.92 Å². The van der Waals surface area contributed by atoms with Gasteiger partial charge >= 0.3 is 6.09 Å². The van der Waals surface area contributed by atoms with Crippen molar-refractivity contribution in [2.75, 3.05) is 13.1 Å². The minimum Gasteiger partial charge on any atom is -0.444 e. The van der Waals surface area contributed by atoms with Crippen molar-refractivity contribution in [3.8, 4) is 0 Å².